The fourth-order valence-electron chi connectivity index (χ4n) is 18.8. The minimum Gasteiger partial charge on any atom is -0.311 e. The van der Waals surface area contributed by atoms with E-state index in [0.29, 0.717) is 0 Å². The van der Waals surface area contributed by atoms with Crippen LogP contribution in [-0.4, -0.2) is 35.5 Å². The van der Waals surface area contributed by atoms with Gasteiger partial charge < -0.3 is 14.4 Å². The molecule has 0 bridgehead atoms. The van der Waals surface area contributed by atoms with Gasteiger partial charge in [-0.2, -0.15) is 0 Å². The SMILES string of the molecule is c1ccc(-c2ccc3c(c2)B2c4cc([Si](c5ccccc5)(c5ccccc5)c5ccccc5)ccc4N(c4ccc([Si](c5ccccc5)(c5ccccc5)c5ccccc5)cc4)c4cc(-n5c6ccccc6c6ccccc65)cc(c42)N3c2ccc([Si](c3ccccc3)(c3ccccc3)c3ccccc3)cc2)cc1. The number of aromatic nitrogens is 1. The summed E-state index contributed by atoms with van der Waals surface area (Å²) in [4.78, 5) is 5.28. The maximum absolute atomic E-state index is 3.15. The largest absolute Gasteiger partial charge is 0.311 e. The van der Waals surface area contributed by atoms with Crippen molar-refractivity contribution >= 4 is 165 Å². The van der Waals surface area contributed by atoms with E-state index in [-0.39, 0.29) is 6.71 Å². The molecular weight excluding hydrogens is 1360 g/mol. The van der Waals surface area contributed by atoms with Gasteiger partial charge in [-0.05, 0) is 150 Å². The number of benzene rings is 17. The second-order valence-corrected chi connectivity index (χ2v) is 40.4. The smallest absolute Gasteiger partial charge is 0.252 e. The molecule has 512 valence electrons. The first-order valence-electron chi connectivity index (χ1n) is 37.9. The number of nitrogens with zero attached hydrogens (tertiary/aromatic N) is 3. The summed E-state index contributed by atoms with van der Waals surface area (Å²) in [7, 11) is -9.08. The first-order chi connectivity index (χ1) is 54.1. The van der Waals surface area contributed by atoms with Crippen molar-refractivity contribution < 1.29 is 0 Å². The standard InChI is InChI=1S/C102H74BN3Si3/c1-11-35-75(36-12-1)76-59-69-98-94(71-76)103-95-74-91(109(86-49-25-8-26-50-86,87-51-27-9-28-52-87)88-53-29-10-30-54-88)68-70-99(95)105(78-62-66-90(67-63-78)108(83-43-19-5-20-44-83,84-45-21-6-22-46-84)85-47-23-7-24-48-85)101-73-79(106-96-57-33-31-55-92(96)93-56-32-34-58-97(93)106)72-100(102(101)103)104(98)77-60-64-89(65-61-77)107(80-37-13-2-14-38-80,81-39-15-3-16-40-81)82-41-17-4-18-42-82/h1-74H. The zero-order valence-corrected chi connectivity index (χ0v) is 63.1. The highest BCUT2D eigenvalue weighted by Gasteiger charge is 2.49. The van der Waals surface area contributed by atoms with Crippen LogP contribution in [0.4, 0.5) is 34.1 Å². The van der Waals surface area contributed by atoms with Crippen molar-refractivity contribution in [2.45, 2.75) is 0 Å². The zero-order valence-electron chi connectivity index (χ0n) is 60.1. The molecule has 7 heteroatoms. The fraction of sp³-hybridized carbons (Fsp3) is 0. The Balaban J connectivity index is 0.907. The maximum atomic E-state index is 2.68. The highest BCUT2D eigenvalue weighted by Crippen LogP contribution is 2.47. The Hall–Kier alpha value is -13.1. The fourth-order valence-corrected chi connectivity index (χ4v) is 33.1. The second-order valence-electron chi connectivity index (χ2n) is 28.9. The average Bonchev–Trinajstić information content (AvgIpc) is 1.19. The van der Waals surface area contributed by atoms with Crippen LogP contribution in [0.1, 0.15) is 0 Å². The van der Waals surface area contributed by atoms with Crippen molar-refractivity contribution in [3.8, 4) is 16.8 Å². The van der Waals surface area contributed by atoms with Crippen molar-refractivity contribution in [1.82, 2.24) is 4.57 Å². The molecule has 0 unspecified atom stereocenters. The van der Waals surface area contributed by atoms with Crippen molar-refractivity contribution in [3.05, 3.63) is 449 Å². The van der Waals surface area contributed by atoms with Gasteiger partial charge in [0.1, 0.15) is 0 Å². The van der Waals surface area contributed by atoms with E-state index in [4.69, 9.17) is 0 Å². The number of hydrogen-bond donors (Lipinski definition) is 0. The summed E-state index contributed by atoms with van der Waals surface area (Å²) in [5.74, 6) is 0. The predicted octanol–water partition coefficient (Wildman–Crippen LogP) is 14.7. The summed E-state index contributed by atoms with van der Waals surface area (Å²) in [6.45, 7) is -0.255. The molecule has 1 aromatic heterocycles. The van der Waals surface area contributed by atoms with Gasteiger partial charge in [0.25, 0.3) is 6.71 Å². The Morgan fingerprint density at radius 2 is 0.450 bits per heavy atom. The van der Waals surface area contributed by atoms with Crippen LogP contribution in [0.15, 0.2) is 449 Å². The van der Waals surface area contributed by atoms with Gasteiger partial charge in [-0.15, -0.1) is 0 Å². The van der Waals surface area contributed by atoms with Gasteiger partial charge in [0.15, 0.2) is 24.2 Å². The third-order valence-corrected chi connectivity index (χ3v) is 37.8. The van der Waals surface area contributed by atoms with E-state index >= 15 is 0 Å². The highest BCUT2D eigenvalue weighted by molar-refractivity contribution is 7.21. The van der Waals surface area contributed by atoms with E-state index in [1.54, 1.807) is 0 Å². The second kappa shape index (κ2) is 27.3. The van der Waals surface area contributed by atoms with Gasteiger partial charge in [0.05, 0.1) is 16.7 Å². The van der Waals surface area contributed by atoms with Crippen LogP contribution in [0, 0.1) is 0 Å². The molecule has 0 aliphatic carbocycles. The first-order valence-corrected chi connectivity index (χ1v) is 43.9. The van der Waals surface area contributed by atoms with Crippen LogP contribution in [0.2, 0.25) is 0 Å². The Labute approximate surface area is 641 Å². The molecule has 2 aliphatic heterocycles. The minimum absolute atomic E-state index is 0.255. The van der Waals surface area contributed by atoms with Gasteiger partial charge in [-0.3, -0.25) is 0 Å². The van der Waals surface area contributed by atoms with Crippen LogP contribution in [0.5, 0.6) is 0 Å². The molecule has 17 aromatic carbocycles. The van der Waals surface area contributed by atoms with Gasteiger partial charge in [0.2, 0.25) is 0 Å². The molecule has 0 spiro atoms. The molecule has 2 aliphatic rings. The van der Waals surface area contributed by atoms with Gasteiger partial charge in [0, 0.05) is 44.9 Å². The molecule has 18 aromatic rings. The average molecular weight is 1440 g/mol. The van der Waals surface area contributed by atoms with E-state index in [2.05, 4.69) is 463 Å². The normalized spacial score (nSPS) is 12.5. The number of para-hydroxylation sites is 2. The van der Waals surface area contributed by atoms with Crippen LogP contribution in [0.25, 0.3) is 38.6 Å². The lowest BCUT2D eigenvalue weighted by Gasteiger charge is -2.45. The Bertz CT molecular complexity index is 5960. The number of rotatable bonds is 16. The van der Waals surface area contributed by atoms with Gasteiger partial charge in [-0.25, -0.2) is 0 Å². The summed E-state index contributed by atoms with van der Waals surface area (Å²) in [5.41, 5.74) is 16.2. The molecule has 0 radical (unpaired) electrons. The molecule has 0 saturated heterocycles. The van der Waals surface area contributed by atoms with Crippen LogP contribution in [-0.2, 0) is 0 Å². The van der Waals surface area contributed by atoms with Crippen LogP contribution in [0.3, 0.4) is 0 Å². The third kappa shape index (κ3) is 10.5. The maximum Gasteiger partial charge on any atom is 0.252 e. The highest BCUT2D eigenvalue weighted by atomic mass is 28.3. The van der Waals surface area contributed by atoms with E-state index < -0.39 is 24.2 Å². The zero-order chi connectivity index (χ0) is 72.3. The van der Waals surface area contributed by atoms with Crippen molar-refractivity contribution in [2.24, 2.45) is 0 Å². The summed E-state index contributed by atoms with van der Waals surface area (Å²) in [6.07, 6.45) is 0. The van der Waals surface area contributed by atoms with E-state index in [1.807, 2.05) is 0 Å². The Morgan fingerprint density at radius 1 is 0.183 bits per heavy atom. The van der Waals surface area contributed by atoms with E-state index in [1.165, 1.54) is 101 Å². The molecule has 3 nitrogen and oxygen atoms in total. The van der Waals surface area contributed by atoms with Crippen LogP contribution >= 0.6 is 0 Å². The lowest BCUT2D eigenvalue weighted by atomic mass is 9.33. The molecule has 20 rings (SSSR count). The Morgan fingerprint density at radius 3 is 0.789 bits per heavy atom. The molecule has 0 N–H and O–H groups in total. The van der Waals surface area contributed by atoms with Gasteiger partial charge >= 0.3 is 0 Å². The molecule has 3 heterocycles. The molecule has 0 fully saturated rings. The van der Waals surface area contributed by atoms with Crippen molar-refractivity contribution in [1.29, 1.82) is 0 Å². The molecule has 109 heavy (non-hydrogen) atoms. The summed E-state index contributed by atoms with van der Waals surface area (Å²) in [5, 5.41) is 18.4. The topological polar surface area (TPSA) is 11.4 Å². The summed E-state index contributed by atoms with van der Waals surface area (Å²) >= 11 is 0. The van der Waals surface area contributed by atoms with E-state index in [9.17, 15) is 0 Å². The number of hydrogen-bond acceptors (Lipinski definition) is 2. The molecule has 0 saturated carbocycles. The lowest BCUT2D eigenvalue weighted by molar-refractivity contribution is 1.16. The van der Waals surface area contributed by atoms with Crippen molar-refractivity contribution in [2.75, 3.05) is 9.80 Å². The van der Waals surface area contributed by atoms with E-state index in [0.717, 1.165) is 50.8 Å². The molecular formula is C102H74BN3Si3. The molecule has 0 amide bonds. The Kier molecular flexibility index (Phi) is 16.4. The van der Waals surface area contributed by atoms with Crippen molar-refractivity contribution in [3.63, 3.8) is 0 Å². The summed E-state index contributed by atoms with van der Waals surface area (Å²) in [6, 6.07) is 171. The third-order valence-electron chi connectivity index (χ3n) is 23.4. The monoisotopic (exact) mass is 1440 g/mol. The minimum atomic E-state index is -3.15. The quantitative estimate of drug-likeness (QED) is 0.0706. The predicted molar refractivity (Wildman–Crippen MR) is 471 cm³/mol. The lowest BCUT2D eigenvalue weighted by Crippen LogP contribution is -2.75. The number of fused-ring (bicyclic) bond motifs is 7. The number of anilines is 6. The summed E-state index contributed by atoms with van der Waals surface area (Å²) < 4.78 is 2.53. The first kappa shape index (κ1) is 65.4. The molecule has 0 atom stereocenters. The van der Waals surface area contributed by atoms with Gasteiger partial charge in [-0.1, -0.05) is 388 Å². The van der Waals surface area contributed by atoms with Crippen LogP contribution < -0.4 is 88.4 Å².